The number of anilines is 1. The molecule has 1 N–H and O–H groups in total. The van der Waals surface area contributed by atoms with Crippen LogP contribution in [0.2, 0.25) is 0 Å². The Kier molecular flexibility index (Phi) is 5.96. The molecule has 0 bridgehead atoms. The van der Waals surface area contributed by atoms with Crippen molar-refractivity contribution in [2.24, 2.45) is 0 Å². The van der Waals surface area contributed by atoms with Gasteiger partial charge in [0.2, 0.25) is 0 Å². The van der Waals surface area contributed by atoms with Gasteiger partial charge in [-0.3, -0.25) is 9.59 Å². The van der Waals surface area contributed by atoms with Gasteiger partial charge in [0.25, 0.3) is 11.8 Å². The van der Waals surface area contributed by atoms with E-state index in [9.17, 15) is 9.59 Å². The number of amides is 2. The Morgan fingerprint density at radius 1 is 1.11 bits per heavy atom. The van der Waals surface area contributed by atoms with Crippen molar-refractivity contribution in [1.82, 2.24) is 4.90 Å². The number of carbonyl (C=O) groups is 2. The molecule has 27 heavy (non-hydrogen) atoms. The van der Waals surface area contributed by atoms with Crippen molar-refractivity contribution in [2.75, 3.05) is 31.6 Å². The third-order valence-corrected chi connectivity index (χ3v) is 4.47. The van der Waals surface area contributed by atoms with Crippen molar-refractivity contribution < 1.29 is 19.1 Å². The van der Waals surface area contributed by atoms with Gasteiger partial charge in [0.05, 0.1) is 6.61 Å². The molecule has 0 saturated carbocycles. The molecule has 0 fully saturated rings. The summed E-state index contributed by atoms with van der Waals surface area (Å²) in [5.74, 6) is 1.11. The molecule has 0 aliphatic carbocycles. The maximum Gasteiger partial charge on any atom is 0.262 e. The summed E-state index contributed by atoms with van der Waals surface area (Å²) in [4.78, 5) is 26.4. The van der Waals surface area contributed by atoms with Gasteiger partial charge in [-0.25, -0.2) is 0 Å². The fourth-order valence-electron chi connectivity index (χ4n) is 3.12. The monoisotopic (exact) mass is 368 g/mol. The largest absolute Gasteiger partial charge is 0.494 e. The molecule has 3 rings (SSSR count). The summed E-state index contributed by atoms with van der Waals surface area (Å²) in [6, 6.07) is 12.6. The predicted molar refractivity (Wildman–Crippen MR) is 103 cm³/mol. The molecule has 0 saturated heterocycles. The van der Waals surface area contributed by atoms with Gasteiger partial charge in [0.15, 0.2) is 6.61 Å². The number of rotatable bonds is 7. The Morgan fingerprint density at radius 3 is 2.59 bits per heavy atom. The van der Waals surface area contributed by atoms with E-state index in [0.29, 0.717) is 36.7 Å². The van der Waals surface area contributed by atoms with E-state index in [1.807, 2.05) is 24.8 Å². The van der Waals surface area contributed by atoms with E-state index in [1.54, 1.807) is 36.4 Å². The fourth-order valence-corrected chi connectivity index (χ4v) is 3.12. The third-order valence-electron chi connectivity index (χ3n) is 4.47. The van der Waals surface area contributed by atoms with Crippen molar-refractivity contribution in [3.8, 4) is 11.5 Å². The highest BCUT2D eigenvalue weighted by atomic mass is 16.5. The van der Waals surface area contributed by atoms with E-state index in [1.165, 1.54) is 0 Å². The summed E-state index contributed by atoms with van der Waals surface area (Å²) in [7, 11) is 0. The van der Waals surface area contributed by atoms with Crippen LogP contribution in [0.3, 0.4) is 0 Å². The average molecular weight is 368 g/mol. The lowest BCUT2D eigenvalue weighted by atomic mass is 9.98. The molecule has 1 heterocycles. The summed E-state index contributed by atoms with van der Waals surface area (Å²) in [6.07, 6.45) is 0.728. The molecular weight excluding hydrogens is 344 g/mol. The zero-order chi connectivity index (χ0) is 19.2. The van der Waals surface area contributed by atoms with Crippen molar-refractivity contribution in [3.63, 3.8) is 0 Å². The van der Waals surface area contributed by atoms with Crippen molar-refractivity contribution in [3.05, 3.63) is 53.6 Å². The Balaban J connectivity index is 1.61. The molecule has 2 aromatic carbocycles. The first kappa shape index (κ1) is 18.8. The van der Waals surface area contributed by atoms with E-state index in [2.05, 4.69) is 5.32 Å². The molecule has 6 nitrogen and oxygen atoms in total. The van der Waals surface area contributed by atoms with Crippen LogP contribution in [0.25, 0.3) is 0 Å². The van der Waals surface area contributed by atoms with Crippen LogP contribution in [-0.2, 0) is 11.2 Å². The third kappa shape index (κ3) is 4.39. The molecule has 2 aromatic rings. The highest BCUT2D eigenvalue weighted by Gasteiger charge is 2.25. The first-order chi connectivity index (χ1) is 13.1. The summed E-state index contributed by atoms with van der Waals surface area (Å²) in [6.45, 7) is 5.72. The van der Waals surface area contributed by atoms with Crippen LogP contribution in [0.15, 0.2) is 42.5 Å². The summed E-state index contributed by atoms with van der Waals surface area (Å²) < 4.78 is 11.1. The number of likely N-dealkylation sites (N-methyl/N-ethyl adjacent to an activating group) is 1. The molecule has 1 aliphatic rings. The van der Waals surface area contributed by atoms with E-state index >= 15 is 0 Å². The Morgan fingerprint density at radius 2 is 1.89 bits per heavy atom. The lowest BCUT2D eigenvalue weighted by Crippen LogP contribution is -2.37. The summed E-state index contributed by atoms with van der Waals surface area (Å²) in [5, 5.41) is 2.79. The zero-order valence-corrected chi connectivity index (χ0v) is 15.7. The minimum absolute atomic E-state index is 0.0167. The van der Waals surface area contributed by atoms with Gasteiger partial charge in [-0.1, -0.05) is 6.07 Å². The number of carbonyl (C=O) groups excluding carboxylic acids is 2. The second-order valence-electron chi connectivity index (χ2n) is 6.21. The average Bonchev–Trinajstić information content (AvgIpc) is 2.68. The van der Waals surface area contributed by atoms with Crippen LogP contribution in [0.1, 0.15) is 29.8 Å². The molecule has 6 heteroatoms. The van der Waals surface area contributed by atoms with E-state index in [0.717, 1.165) is 17.7 Å². The molecule has 1 aliphatic heterocycles. The first-order valence-electron chi connectivity index (χ1n) is 9.19. The normalized spacial score (nSPS) is 13.1. The second-order valence-corrected chi connectivity index (χ2v) is 6.21. The molecule has 0 radical (unpaired) electrons. The molecule has 0 aromatic heterocycles. The Labute approximate surface area is 159 Å². The van der Waals surface area contributed by atoms with Crippen LogP contribution < -0.4 is 14.8 Å². The highest BCUT2D eigenvalue weighted by Crippen LogP contribution is 2.28. The maximum atomic E-state index is 12.4. The van der Waals surface area contributed by atoms with Crippen molar-refractivity contribution >= 4 is 17.5 Å². The van der Waals surface area contributed by atoms with Crippen LogP contribution in [-0.4, -0.2) is 43.0 Å². The Bertz CT molecular complexity index is 817. The standard InChI is InChI=1S/C21H24N2O4/c1-3-23-13-12-17-18(21(23)25)6-5-7-19(17)27-14-20(24)22-15-8-10-16(11-9-15)26-4-2/h5-11H,3-4,12-14H2,1-2H3,(H,22,24). The summed E-state index contributed by atoms with van der Waals surface area (Å²) in [5.41, 5.74) is 2.21. The minimum atomic E-state index is -0.255. The molecule has 2 amide bonds. The topological polar surface area (TPSA) is 67.9 Å². The van der Waals surface area contributed by atoms with Gasteiger partial charge in [0, 0.05) is 29.9 Å². The molecule has 142 valence electrons. The lowest BCUT2D eigenvalue weighted by Gasteiger charge is -2.28. The number of hydrogen-bond acceptors (Lipinski definition) is 4. The first-order valence-corrected chi connectivity index (χ1v) is 9.19. The van der Waals surface area contributed by atoms with Gasteiger partial charge in [-0.2, -0.15) is 0 Å². The SMILES string of the molecule is CCOc1ccc(NC(=O)COc2cccc3c2CCN(CC)C3=O)cc1. The lowest BCUT2D eigenvalue weighted by molar-refractivity contribution is -0.118. The molecule has 0 unspecified atom stereocenters. The van der Waals surface area contributed by atoms with Gasteiger partial charge < -0.3 is 19.7 Å². The minimum Gasteiger partial charge on any atom is -0.494 e. The quantitative estimate of drug-likeness (QED) is 0.815. The van der Waals surface area contributed by atoms with E-state index < -0.39 is 0 Å². The van der Waals surface area contributed by atoms with Gasteiger partial charge in [-0.15, -0.1) is 0 Å². The number of ether oxygens (including phenoxy) is 2. The van der Waals surface area contributed by atoms with E-state index in [-0.39, 0.29) is 18.4 Å². The maximum absolute atomic E-state index is 12.4. The second kappa shape index (κ2) is 8.58. The molecule has 0 spiro atoms. The Hall–Kier alpha value is -3.02. The number of benzene rings is 2. The highest BCUT2D eigenvalue weighted by molar-refractivity contribution is 5.97. The van der Waals surface area contributed by atoms with Crippen LogP contribution in [0, 0.1) is 0 Å². The fraction of sp³-hybridized carbons (Fsp3) is 0.333. The van der Waals surface area contributed by atoms with Crippen molar-refractivity contribution in [1.29, 1.82) is 0 Å². The number of hydrogen-bond donors (Lipinski definition) is 1. The number of fused-ring (bicyclic) bond motifs is 1. The molecular formula is C21H24N2O4. The van der Waals surface area contributed by atoms with E-state index in [4.69, 9.17) is 9.47 Å². The smallest absolute Gasteiger partial charge is 0.262 e. The van der Waals surface area contributed by atoms with Gasteiger partial charge in [0.1, 0.15) is 11.5 Å². The van der Waals surface area contributed by atoms with Crippen LogP contribution in [0.4, 0.5) is 5.69 Å². The number of nitrogens with zero attached hydrogens (tertiary/aromatic N) is 1. The van der Waals surface area contributed by atoms with Gasteiger partial charge in [-0.05, 0) is 56.7 Å². The van der Waals surface area contributed by atoms with Gasteiger partial charge >= 0.3 is 0 Å². The van der Waals surface area contributed by atoms with Crippen LogP contribution in [0.5, 0.6) is 11.5 Å². The summed E-state index contributed by atoms with van der Waals surface area (Å²) >= 11 is 0. The van der Waals surface area contributed by atoms with Crippen molar-refractivity contribution in [2.45, 2.75) is 20.3 Å². The number of nitrogens with one attached hydrogen (secondary N) is 1. The molecule has 0 atom stereocenters. The predicted octanol–water partition coefficient (Wildman–Crippen LogP) is 3.12. The zero-order valence-electron chi connectivity index (χ0n) is 15.7. The van der Waals surface area contributed by atoms with Crippen LogP contribution >= 0.6 is 0 Å².